The number of pyridine rings is 1. The lowest BCUT2D eigenvalue weighted by molar-refractivity contribution is 0.171. The Hall–Kier alpha value is -1.39. The van der Waals surface area contributed by atoms with Gasteiger partial charge in [-0.25, -0.2) is 4.52 Å². The zero-order chi connectivity index (χ0) is 11.7. The Morgan fingerprint density at radius 1 is 1.53 bits per heavy atom. The van der Waals surface area contributed by atoms with Gasteiger partial charge in [-0.05, 0) is 25.5 Å². The minimum absolute atomic E-state index is 0.114. The predicted molar refractivity (Wildman–Crippen MR) is 65.9 cm³/mol. The highest BCUT2D eigenvalue weighted by atomic mass is 16.5. The Balaban J connectivity index is 1.76. The first kappa shape index (κ1) is 10.7. The van der Waals surface area contributed by atoms with Gasteiger partial charge < -0.3 is 10.1 Å². The van der Waals surface area contributed by atoms with Gasteiger partial charge in [-0.2, -0.15) is 5.10 Å². The van der Waals surface area contributed by atoms with Crippen molar-refractivity contribution in [2.45, 2.75) is 25.4 Å². The first-order chi connectivity index (χ1) is 8.27. The van der Waals surface area contributed by atoms with Crippen molar-refractivity contribution >= 4 is 5.52 Å². The molecule has 2 aromatic rings. The van der Waals surface area contributed by atoms with Crippen LogP contribution in [0.25, 0.3) is 5.52 Å². The van der Waals surface area contributed by atoms with Crippen LogP contribution in [0.5, 0.6) is 0 Å². The quantitative estimate of drug-likeness (QED) is 0.872. The van der Waals surface area contributed by atoms with E-state index in [0.717, 1.165) is 26.2 Å². The molecule has 0 saturated carbocycles. The third-order valence-corrected chi connectivity index (χ3v) is 3.43. The van der Waals surface area contributed by atoms with Gasteiger partial charge in [0.1, 0.15) is 0 Å². The summed E-state index contributed by atoms with van der Waals surface area (Å²) in [6.45, 7) is 4.71. The minimum atomic E-state index is 0.114. The summed E-state index contributed by atoms with van der Waals surface area (Å²) in [5, 5.41) is 7.91. The summed E-state index contributed by atoms with van der Waals surface area (Å²) in [5.41, 5.74) is 2.52. The topological polar surface area (TPSA) is 38.6 Å². The van der Waals surface area contributed by atoms with E-state index in [0.29, 0.717) is 0 Å². The Labute approximate surface area is 101 Å². The Bertz CT molecular complexity index is 514. The molecule has 0 amide bonds. The number of nitrogens with one attached hydrogen (secondary N) is 1. The lowest BCUT2D eigenvalue weighted by Gasteiger charge is -2.23. The molecule has 0 aliphatic carbocycles. The average molecular weight is 231 g/mol. The van der Waals surface area contributed by atoms with Crippen LogP contribution in [0.3, 0.4) is 0 Å². The Morgan fingerprint density at radius 2 is 2.47 bits per heavy atom. The van der Waals surface area contributed by atoms with Crippen LogP contribution in [-0.4, -0.2) is 28.4 Å². The molecule has 0 aromatic carbocycles. The Kier molecular flexibility index (Phi) is 2.61. The molecule has 2 aromatic heterocycles. The first-order valence-corrected chi connectivity index (χ1v) is 6.01. The Morgan fingerprint density at radius 3 is 3.29 bits per heavy atom. The standard InChI is InChI=1S/C13H17N3O/c1-13(5-7-17-10-13)14-8-11-9-15-16-6-3-2-4-12(11)16/h2-4,6,9,14H,5,7-8,10H2,1H3. The van der Waals surface area contributed by atoms with Crippen LogP contribution in [0.1, 0.15) is 18.9 Å². The summed E-state index contributed by atoms with van der Waals surface area (Å²) >= 11 is 0. The van der Waals surface area contributed by atoms with E-state index in [1.807, 2.05) is 29.0 Å². The van der Waals surface area contributed by atoms with Crippen LogP contribution >= 0.6 is 0 Å². The molecule has 1 N–H and O–H groups in total. The zero-order valence-corrected chi connectivity index (χ0v) is 10.0. The number of ether oxygens (including phenoxy) is 1. The summed E-state index contributed by atoms with van der Waals surface area (Å²) in [7, 11) is 0. The molecule has 1 aliphatic rings. The highest BCUT2D eigenvalue weighted by Crippen LogP contribution is 2.19. The van der Waals surface area contributed by atoms with Crippen molar-refractivity contribution < 1.29 is 4.74 Å². The van der Waals surface area contributed by atoms with E-state index in [1.165, 1.54) is 11.1 Å². The molecule has 1 unspecified atom stereocenters. The second kappa shape index (κ2) is 4.13. The van der Waals surface area contributed by atoms with Gasteiger partial charge in [-0.15, -0.1) is 0 Å². The zero-order valence-electron chi connectivity index (χ0n) is 10.0. The van der Waals surface area contributed by atoms with E-state index in [9.17, 15) is 0 Å². The predicted octanol–water partition coefficient (Wildman–Crippen LogP) is 1.60. The van der Waals surface area contributed by atoms with Gasteiger partial charge in [0.15, 0.2) is 0 Å². The molecule has 0 spiro atoms. The molecule has 3 rings (SSSR count). The summed E-state index contributed by atoms with van der Waals surface area (Å²) in [5.74, 6) is 0. The molecule has 4 nitrogen and oxygen atoms in total. The highest BCUT2D eigenvalue weighted by molar-refractivity contribution is 5.53. The molecular formula is C13H17N3O. The lowest BCUT2D eigenvalue weighted by atomic mass is 10.0. The van der Waals surface area contributed by atoms with Crippen LogP contribution in [0.2, 0.25) is 0 Å². The average Bonchev–Trinajstić information content (AvgIpc) is 2.94. The molecular weight excluding hydrogens is 214 g/mol. The van der Waals surface area contributed by atoms with Crippen molar-refractivity contribution in [2.75, 3.05) is 13.2 Å². The van der Waals surface area contributed by atoms with Gasteiger partial charge >= 0.3 is 0 Å². The van der Waals surface area contributed by atoms with Crippen molar-refractivity contribution in [3.63, 3.8) is 0 Å². The largest absolute Gasteiger partial charge is 0.379 e. The fourth-order valence-corrected chi connectivity index (χ4v) is 2.24. The maximum atomic E-state index is 5.43. The molecule has 17 heavy (non-hydrogen) atoms. The third-order valence-electron chi connectivity index (χ3n) is 3.43. The van der Waals surface area contributed by atoms with Crippen molar-refractivity contribution in [3.8, 4) is 0 Å². The summed E-state index contributed by atoms with van der Waals surface area (Å²) < 4.78 is 7.34. The second-order valence-corrected chi connectivity index (χ2v) is 4.92. The smallest absolute Gasteiger partial charge is 0.0706 e. The van der Waals surface area contributed by atoms with Gasteiger partial charge in [-0.1, -0.05) is 6.07 Å². The molecule has 1 saturated heterocycles. The van der Waals surface area contributed by atoms with Crippen LogP contribution < -0.4 is 5.32 Å². The number of hydrogen-bond donors (Lipinski definition) is 1. The number of rotatable bonds is 3. The number of nitrogens with zero attached hydrogens (tertiary/aromatic N) is 2. The summed E-state index contributed by atoms with van der Waals surface area (Å²) in [4.78, 5) is 0. The fourth-order valence-electron chi connectivity index (χ4n) is 2.24. The number of aromatic nitrogens is 2. The molecule has 90 valence electrons. The van der Waals surface area contributed by atoms with Crippen molar-refractivity contribution in [2.24, 2.45) is 0 Å². The summed E-state index contributed by atoms with van der Waals surface area (Å²) in [6.07, 6.45) is 4.98. The van der Waals surface area contributed by atoms with Crippen molar-refractivity contribution in [1.29, 1.82) is 0 Å². The number of fused-ring (bicyclic) bond motifs is 1. The van der Waals surface area contributed by atoms with Gasteiger partial charge in [0.2, 0.25) is 0 Å². The van der Waals surface area contributed by atoms with Gasteiger partial charge in [0.05, 0.1) is 18.3 Å². The van der Waals surface area contributed by atoms with Crippen LogP contribution in [0.4, 0.5) is 0 Å². The van der Waals surface area contributed by atoms with Crippen LogP contribution in [0, 0.1) is 0 Å². The lowest BCUT2D eigenvalue weighted by Crippen LogP contribution is -2.42. The van der Waals surface area contributed by atoms with Crippen molar-refractivity contribution in [3.05, 3.63) is 36.2 Å². The van der Waals surface area contributed by atoms with E-state index in [1.54, 1.807) is 0 Å². The molecule has 1 aliphatic heterocycles. The molecule has 4 heteroatoms. The van der Waals surface area contributed by atoms with E-state index < -0.39 is 0 Å². The molecule has 0 radical (unpaired) electrons. The minimum Gasteiger partial charge on any atom is -0.379 e. The second-order valence-electron chi connectivity index (χ2n) is 4.92. The third kappa shape index (κ3) is 2.06. The first-order valence-electron chi connectivity index (χ1n) is 6.01. The van der Waals surface area contributed by atoms with Crippen LogP contribution in [-0.2, 0) is 11.3 Å². The maximum absolute atomic E-state index is 5.43. The highest BCUT2D eigenvalue weighted by Gasteiger charge is 2.28. The molecule has 1 atom stereocenters. The van der Waals surface area contributed by atoms with E-state index in [4.69, 9.17) is 4.74 Å². The van der Waals surface area contributed by atoms with E-state index in [-0.39, 0.29) is 5.54 Å². The molecule has 0 bridgehead atoms. The fraction of sp³-hybridized carbons (Fsp3) is 0.462. The maximum Gasteiger partial charge on any atom is 0.0706 e. The normalized spacial score (nSPS) is 24.5. The van der Waals surface area contributed by atoms with Gasteiger partial charge in [-0.3, -0.25) is 0 Å². The van der Waals surface area contributed by atoms with Crippen molar-refractivity contribution in [1.82, 2.24) is 14.9 Å². The molecule has 3 heterocycles. The van der Waals surface area contributed by atoms with E-state index in [2.05, 4.69) is 23.4 Å². The monoisotopic (exact) mass is 231 g/mol. The van der Waals surface area contributed by atoms with Gasteiger partial charge in [0, 0.05) is 30.5 Å². The van der Waals surface area contributed by atoms with Crippen LogP contribution in [0.15, 0.2) is 30.6 Å². The number of hydrogen-bond acceptors (Lipinski definition) is 3. The molecule has 1 fully saturated rings. The summed E-state index contributed by atoms with van der Waals surface area (Å²) in [6, 6.07) is 6.13. The SMILES string of the molecule is CC1(NCc2cnn3ccccc23)CCOC1. The van der Waals surface area contributed by atoms with Gasteiger partial charge in [0.25, 0.3) is 0 Å². The van der Waals surface area contributed by atoms with E-state index >= 15 is 0 Å².